The molecule has 0 saturated heterocycles. The van der Waals surface area contributed by atoms with E-state index in [9.17, 15) is 9.90 Å². The molecule has 0 aromatic heterocycles. The Bertz CT molecular complexity index is 453. The lowest BCUT2D eigenvalue weighted by atomic mass is 9.94. The Hall–Kier alpha value is -1.79. The Labute approximate surface area is 144 Å². The van der Waals surface area contributed by atoms with E-state index < -0.39 is 5.60 Å². The van der Waals surface area contributed by atoms with Crippen LogP contribution in [-0.4, -0.2) is 28.5 Å². The Morgan fingerprint density at radius 3 is 2.04 bits per heavy atom. The summed E-state index contributed by atoms with van der Waals surface area (Å²) in [5, 5.41) is 18.3. The highest BCUT2D eigenvalue weighted by atomic mass is 17.1. The topological polar surface area (TPSA) is 102 Å². The van der Waals surface area contributed by atoms with Gasteiger partial charge in [-0.1, -0.05) is 40.5 Å². The van der Waals surface area contributed by atoms with Crippen LogP contribution in [0.4, 0.5) is 5.69 Å². The minimum atomic E-state index is -0.825. The molecule has 0 spiro atoms. The van der Waals surface area contributed by atoms with Gasteiger partial charge in [-0.25, -0.2) is 5.26 Å². The van der Waals surface area contributed by atoms with Crippen molar-refractivity contribution >= 4 is 11.7 Å². The average molecular weight is 341 g/mol. The highest BCUT2D eigenvalue weighted by Gasteiger charge is 2.27. The van der Waals surface area contributed by atoms with E-state index in [1.807, 2.05) is 13.8 Å². The molecule has 0 saturated carbocycles. The number of rotatable bonds is 8. The number of carbonyl (C=O) groups excluding carboxylic acids is 1. The quantitative estimate of drug-likeness (QED) is 0.289. The van der Waals surface area contributed by atoms with Gasteiger partial charge in [0, 0.05) is 5.69 Å². The summed E-state index contributed by atoms with van der Waals surface area (Å²) in [6.45, 7) is 7.75. The third-order valence-corrected chi connectivity index (χ3v) is 3.37. The third-order valence-electron chi connectivity index (χ3n) is 3.37. The van der Waals surface area contributed by atoms with Crippen LogP contribution in [0.15, 0.2) is 24.3 Å². The van der Waals surface area contributed by atoms with Crippen molar-refractivity contribution in [3.63, 3.8) is 0 Å². The van der Waals surface area contributed by atoms with E-state index in [1.54, 1.807) is 38.1 Å². The van der Waals surface area contributed by atoms with E-state index in [1.165, 1.54) is 0 Å². The van der Waals surface area contributed by atoms with Crippen LogP contribution in [0.3, 0.4) is 0 Å². The standard InChI is InChI=1S/C12H24O3.C6H7NO2/c1-5-7-12(14,8-6-2)9-15-11(13)10(3)4;7-5-1-3-6(9-8)4-2-5/h10,14H,5-9H2,1-4H3;1-4,8H,7H2. The molecule has 1 rings (SSSR count). The maximum absolute atomic E-state index is 11.3. The summed E-state index contributed by atoms with van der Waals surface area (Å²) in [4.78, 5) is 15.2. The minimum Gasteiger partial charge on any atom is -0.462 e. The van der Waals surface area contributed by atoms with Crippen molar-refractivity contribution in [3.05, 3.63) is 24.3 Å². The zero-order valence-corrected chi connectivity index (χ0v) is 15.1. The fourth-order valence-corrected chi connectivity index (χ4v) is 2.10. The van der Waals surface area contributed by atoms with Gasteiger partial charge < -0.3 is 20.5 Å². The van der Waals surface area contributed by atoms with Crippen LogP contribution in [0.2, 0.25) is 0 Å². The Kier molecular flexibility index (Phi) is 10.8. The van der Waals surface area contributed by atoms with E-state index in [4.69, 9.17) is 15.7 Å². The summed E-state index contributed by atoms with van der Waals surface area (Å²) >= 11 is 0. The maximum atomic E-state index is 11.3. The number of carbonyl (C=O) groups is 1. The first-order chi connectivity index (χ1) is 11.3. The molecule has 1 aromatic rings. The predicted octanol–water partition coefficient (Wildman–Crippen LogP) is 3.64. The Balaban J connectivity index is 0.000000496. The van der Waals surface area contributed by atoms with Crippen LogP contribution in [0.1, 0.15) is 53.4 Å². The van der Waals surface area contributed by atoms with E-state index in [0.717, 1.165) is 12.8 Å². The first kappa shape index (κ1) is 22.2. The van der Waals surface area contributed by atoms with Gasteiger partial charge in [-0.2, -0.15) is 0 Å². The fraction of sp³-hybridized carbons (Fsp3) is 0.611. The maximum Gasteiger partial charge on any atom is 0.308 e. The van der Waals surface area contributed by atoms with Crippen LogP contribution >= 0.6 is 0 Å². The summed E-state index contributed by atoms with van der Waals surface area (Å²) in [7, 11) is 0. The molecule has 0 bridgehead atoms. The zero-order valence-electron chi connectivity index (χ0n) is 15.1. The van der Waals surface area contributed by atoms with Crippen molar-refractivity contribution in [1.82, 2.24) is 0 Å². The summed E-state index contributed by atoms with van der Waals surface area (Å²) in [5.74, 6) is 0.0299. The lowest BCUT2D eigenvalue weighted by Crippen LogP contribution is -2.36. The molecule has 0 heterocycles. The third kappa shape index (κ3) is 9.37. The second-order valence-corrected chi connectivity index (χ2v) is 6.15. The van der Waals surface area contributed by atoms with Gasteiger partial charge in [0.2, 0.25) is 0 Å². The van der Waals surface area contributed by atoms with Gasteiger partial charge in [0.1, 0.15) is 6.61 Å². The molecular weight excluding hydrogens is 310 g/mol. The molecule has 6 heteroatoms. The largest absolute Gasteiger partial charge is 0.462 e. The number of nitrogens with two attached hydrogens (primary N) is 1. The summed E-state index contributed by atoms with van der Waals surface area (Å²) in [5.41, 5.74) is 5.17. The monoisotopic (exact) mass is 341 g/mol. The molecule has 0 aliphatic heterocycles. The van der Waals surface area contributed by atoms with Gasteiger partial charge >= 0.3 is 5.97 Å². The number of esters is 1. The lowest BCUT2D eigenvalue weighted by molar-refractivity contribution is -0.156. The molecule has 24 heavy (non-hydrogen) atoms. The number of benzene rings is 1. The molecule has 1 aromatic carbocycles. The van der Waals surface area contributed by atoms with Crippen LogP contribution in [0.5, 0.6) is 5.75 Å². The number of hydrogen-bond donors (Lipinski definition) is 3. The Morgan fingerprint density at radius 2 is 1.67 bits per heavy atom. The first-order valence-electron chi connectivity index (χ1n) is 8.34. The molecule has 0 aliphatic carbocycles. The van der Waals surface area contributed by atoms with Gasteiger partial charge in [-0.3, -0.25) is 4.79 Å². The van der Waals surface area contributed by atoms with Gasteiger partial charge in [-0.05, 0) is 37.1 Å². The second-order valence-electron chi connectivity index (χ2n) is 6.15. The number of aliphatic hydroxyl groups is 1. The van der Waals surface area contributed by atoms with Crippen LogP contribution in [-0.2, 0) is 9.53 Å². The van der Waals surface area contributed by atoms with Crippen molar-refractivity contribution in [3.8, 4) is 5.75 Å². The van der Waals surface area contributed by atoms with E-state index >= 15 is 0 Å². The van der Waals surface area contributed by atoms with Crippen molar-refractivity contribution in [2.75, 3.05) is 12.3 Å². The smallest absolute Gasteiger partial charge is 0.308 e. The molecule has 6 nitrogen and oxygen atoms in total. The normalized spacial score (nSPS) is 10.8. The van der Waals surface area contributed by atoms with Crippen LogP contribution in [0, 0.1) is 5.92 Å². The lowest BCUT2D eigenvalue weighted by Gasteiger charge is -2.27. The molecule has 0 unspecified atom stereocenters. The molecule has 0 fully saturated rings. The van der Waals surface area contributed by atoms with E-state index in [-0.39, 0.29) is 18.5 Å². The van der Waals surface area contributed by atoms with Gasteiger partial charge in [0.25, 0.3) is 0 Å². The first-order valence-corrected chi connectivity index (χ1v) is 8.34. The van der Waals surface area contributed by atoms with Crippen molar-refractivity contribution in [2.24, 2.45) is 5.92 Å². The van der Waals surface area contributed by atoms with Crippen molar-refractivity contribution in [1.29, 1.82) is 0 Å². The number of nitrogen functional groups attached to an aromatic ring is 1. The molecular formula is C18H31NO5. The van der Waals surface area contributed by atoms with Gasteiger partial charge in [0.05, 0.1) is 11.5 Å². The summed E-state index contributed by atoms with van der Waals surface area (Å²) in [6.07, 6.45) is 3.17. The fourth-order valence-electron chi connectivity index (χ4n) is 2.10. The van der Waals surface area contributed by atoms with Crippen LogP contribution in [0.25, 0.3) is 0 Å². The summed E-state index contributed by atoms with van der Waals surface area (Å²) < 4.78 is 5.08. The molecule has 4 N–H and O–H groups in total. The molecule has 0 radical (unpaired) electrons. The molecule has 0 amide bonds. The van der Waals surface area contributed by atoms with Crippen molar-refractivity contribution in [2.45, 2.75) is 59.0 Å². The summed E-state index contributed by atoms with van der Waals surface area (Å²) in [6, 6.07) is 6.45. The van der Waals surface area contributed by atoms with Crippen LogP contribution < -0.4 is 10.6 Å². The predicted molar refractivity (Wildman–Crippen MR) is 94.7 cm³/mol. The minimum absolute atomic E-state index is 0.127. The number of hydrogen-bond acceptors (Lipinski definition) is 6. The Morgan fingerprint density at radius 1 is 1.17 bits per heavy atom. The van der Waals surface area contributed by atoms with Gasteiger partial charge in [-0.15, -0.1) is 0 Å². The van der Waals surface area contributed by atoms with Crippen molar-refractivity contribution < 1.29 is 24.8 Å². The molecule has 0 aliphatic rings. The number of ether oxygens (including phenoxy) is 1. The van der Waals surface area contributed by atoms with E-state index in [2.05, 4.69) is 4.89 Å². The molecule has 0 atom stereocenters. The van der Waals surface area contributed by atoms with E-state index in [0.29, 0.717) is 24.3 Å². The second kappa shape index (κ2) is 11.7. The highest BCUT2D eigenvalue weighted by Crippen LogP contribution is 2.20. The van der Waals surface area contributed by atoms with Gasteiger partial charge in [0.15, 0.2) is 5.75 Å². The zero-order chi connectivity index (χ0) is 18.6. The SMILES string of the molecule is CCCC(O)(CCC)COC(=O)C(C)C.Nc1ccc(OO)cc1. The average Bonchev–Trinajstić information content (AvgIpc) is 2.54. The number of anilines is 1. The molecule has 138 valence electrons. The highest BCUT2D eigenvalue weighted by molar-refractivity contribution is 5.71.